The van der Waals surface area contributed by atoms with Crippen LogP contribution in [0.4, 0.5) is 24.9 Å². The van der Waals surface area contributed by atoms with Crippen molar-refractivity contribution in [2.45, 2.75) is 19.0 Å². The molecule has 1 atom stereocenters. The summed E-state index contributed by atoms with van der Waals surface area (Å²) in [5.74, 6) is -1.62. The van der Waals surface area contributed by atoms with Gasteiger partial charge in [-0.05, 0) is 24.6 Å². The van der Waals surface area contributed by atoms with Gasteiger partial charge in [-0.1, -0.05) is 12.1 Å². The SMILES string of the molecule is C[C@H](C(=O)O)c1ccc(N(C)c2nc(C(F)(F)F)co2)cc1. The topological polar surface area (TPSA) is 66.6 Å². The zero-order valence-electron chi connectivity index (χ0n) is 11.8. The fourth-order valence-electron chi connectivity index (χ4n) is 1.79. The normalized spacial score (nSPS) is 13.0. The van der Waals surface area contributed by atoms with Crippen molar-refractivity contribution in [1.29, 1.82) is 0 Å². The Bertz CT molecular complexity index is 665. The van der Waals surface area contributed by atoms with Gasteiger partial charge in [0.05, 0.1) is 5.92 Å². The zero-order chi connectivity index (χ0) is 16.5. The Morgan fingerprint density at radius 1 is 1.32 bits per heavy atom. The van der Waals surface area contributed by atoms with Crippen LogP contribution in [0, 0.1) is 0 Å². The third-order valence-electron chi connectivity index (χ3n) is 3.22. The number of carboxylic acid groups (broad SMARTS) is 1. The summed E-state index contributed by atoms with van der Waals surface area (Å²) in [6.45, 7) is 1.55. The number of alkyl halides is 3. The van der Waals surface area contributed by atoms with E-state index in [1.165, 1.54) is 11.9 Å². The summed E-state index contributed by atoms with van der Waals surface area (Å²) in [6, 6.07) is 6.17. The minimum Gasteiger partial charge on any atom is -0.481 e. The van der Waals surface area contributed by atoms with Gasteiger partial charge in [-0.2, -0.15) is 18.2 Å². The van der Waals surface area contributed by atoms with E-state index < -0.39 is 23.8 Å². The summed E-state index contributed by atoms with van der Waals surface area (Å²) in [7, 11) is 1.50. The molecule has 0 saturated heterocycles. The molecule has 0 radical (unpaired) electrons. The van der Waals surface area contributed by atoms with Gasteiger partial charge in [0, 0.05) is 12.7 Å². The van der Waals surface area contributed by atoms with Crippen molar-refractivity contribution in [3.05, 3.63) is 41.8 Å². The van der Waals surface area contributed by atoms with Gasteiger partial charge in [0.2, 0.25) is 0 Å². The highest BCUT2D eigenvalue weighted by Gasteiger charge is 2.35. The Kier molecular flexibility index (Phi) is 4.11. The van der Waals surface area contributed by atoms with Gasteiger partial charge in [0.1, 0.15) is 6.26 Å². The predicted octanol–water partition coefficient (Wildman–Crippen LogP) is 3.65. The van der Waals surface area contributed by atoms with Crippen LogP contribution >= 0.6 is 0 Å². The number of carbonyl (C=O) groups is 1. The van der Waals surface area contributed by atoms with Crippen LogP contribution in [0.1, 0.15) is 24.1 Å². The summed E-state index contributed by atoms with van der Waals surface area (Å²) in [5.41, 5.74) is 0.00965. The molecule has 0 aliphatic carbocycles. The molecule has 0 bridgehead atoms. The van der Waals surface area contributed by atoms with E-state index in [4.69, 9.17) is 9.52 Å². The number of aromatic nitrogens is 1. The molecule has 0 fully saturated rings. The van der Waals surface area contributed by atoms with Gasteiger partial charge in [-0.3, -0.25) is 9.69 Å². The average molecular weight is 314 g/mol. The van der Waals surface area contributed by atoms with Crippen LogP contribution in [-0.4, -0.2) is 23.1 Å². The molecular formula is C14H13F3N2O3. The number of anilines is 2. The Balaban J connectivity index is 2.21. The second kappa shape index (κ2) is 5.70. The first kappa shape index (κ1) is 15.9. The zero-order valence-corrected chi connectivity index (χ0v) is 11.8. The quantitative estimate of drug-likeness (QED) is 0.933. The number of hydrogen-bond donors (Lipinski definition) is 1. The highest BCUT2D eigenvalue weighted by molar-refractivity contribution is 5.75. The lowest BCUT2D eigenvalue weighted by molar-refractivity contribution is -0.141. The van der Waals surface area contributed by atoms with E-state index >= 15 is 0 Å². The van der Waals surface area contributed by atoms with E-state index in [0.717, 1.165) is 0 Å². The monoisotopic (exact) mass is 314 g/mol. The summed E-state index contributed by atoms with van der Waals surface area (Å²) in [5, 5.41) is 8.93. The number of rotatable bonds is 4. The van der Waals surface area contributed by atoms with E-state index in [9.17, 15) is 18.0 Å². The van der Waals surface area contributed by atoms with Gasteiger partial charge >= 0.3 is 18.2 Å². The van der Waals surface area contributed by atoms with Gasteiger partial charge in [-0.25, -0.2) is 0 Å². The van der Waals surface area contributed by atoms with Crippen LogP contribution in [0.3, 0.4) is 0 Å². The van der Waals surface area contributed by atoms with Crippen molar-refractivity contribution < 1.29 is 27.5 Å². The first-order chi connectivity index (χ1) is 10.2. The Labute approximate surface area is 124 Å². The maximum Gasteiger partial charge on any atom is 0.436 e. The Morgan fingerprint density at radius 3 is 2.36 bits per heavy atom. The van der Waals surface area contributed by atoms with E-state index in [1.807, 2.05) is 0 Å². The second-order valence-corrected chi connectivity index (χ2v) is 4.72. The molecule has 0 spiro atoms. The molecule has 2 aromatic rings. The lowest BCUT2D eigenvalue weighted by Gasteiger charge is -2.15. The lowest BCUT2D eigenvalue weighted by atomic mass is 10.0. The molecule has 0 unspecified atom stereocenters. The lowest BCUT2D eigenvalue weighted by Crippen LogP contribution is -2.12. The standard InChI is InChI=1S/C14H13F3N2O3/c1-8(12(20)21)9-3-5-10(6-4-9)19(2)13-18-11(7-22-13)14(15,16)17/h3-8H,1-2H3,(H,20,21)/t8-/m0/s1. The van der Waals surface area contributed by atoms with Crippen molar-refractivity contribution in [3.63, 3.8) is 0 Å². The fourth-order valence-corrected chi connectivity index (χ4v) is 1.79. The molecule has 8 heteroatoms. The largest absolute Gasteiger partial charge is 0.481 e. The molecule has 0 aliphatic heterocycles. The minimum atomic E-state index is -4.57. The van der Waals surface area contributed by atoms with E-state index in [2.05, 4.69) is 4.98 Å². The number of oxazole rings is 1. The van der Waals surface area contributed by atoms with Gasteiger partial charge in [0.25, 0.3) is 0 Å². The number of aliphatic carboxylic acids is 1. The van der Waals surface area contributed by atoms with Crippen LogP contribution in [0.15, 0.2) is 34.9 Å². The van der Waals surface area contributed by atoms with Crippen LogP contribution in [0.5, 0.6) is 0 Å². The first-order valence-corrected chi connectivity index (χ1v) is 6.29. The summed E-state index contributed by atoms with van der Waals surface area (Å²) >= 11 is 0. The molecule has 22 heavy (non-hydrogen) atoms. The molecule has 1 heterocycles. The third kappa shape index (κ3) is 3.21. The number of carboxylic acids is 1. The molecule has 0 saturated carbocycles. The van der Waals surface area contributed by atoms with Crippen molar-refractivity contribution in [2.24, 2.45) is 0 Å². The maximum absolute atomic E-state index is 12.5. The second-order valence-electron chi connectivity index (χ2n) is 4.72. The van der Waals surface area contributed by atoms with Gasteiger partial charge in [0.15, 0.2) is 5.69 Å². The van der Waals surface area contributed by atoms with E-state index in [-0.39, 0.29) is 6.01 Å². The van der Waals surface area contributed by atoms with E-state index in [0.29, 0.717) is 17.5 Å². The average Bonchev–Trinajstić information content (AvgIpc) is 2.95. The number of hydrogen-bond acceptors (Lipinski definition) is 4. The van der Waals surface area contributed by atoms with Gasteiger partial charge < -0.3 is 9.52 Å². The van der Waals surface area contributed by atoms with Crippen molar-refractivity contribution >= 4 is 17.7 Å². The Hall–Kier alpha value is -2.51. The molecule has 118 valence electrons. The van der Waals surface area contributed by atoms with E-state index in [1.54, 1.807) is 31.2 Å². The maximum atomic E-state index is 12.5. The summed E-state index contributed by atoms with van der Waals surface area (Å²) in [6.07, 6.45) is -4.02. The number of nitrogens with zero attached hydrogens (tertiary/aromatic N) is 2. The molecule has 0 amide bonds. The summed E-state index contributed by atoms with van der Waals surface area (Å²) < 4.78 is 42.3. The molecule has 1 aromatic carbocycles. The Morgan fingerprint density at radius 2 is 1.91 bits per heavy atom. The highest BCUT2D eigenvalue weighted by atomic mass is 19.4. The first-order valence-electron chi connectivity index (χ1n) is 6.29. The van der Waals surface area contributed by atoms with Crippen LogP contribution in [0.2, 0.25) is 0 Å². The highest BCUT2D eigenvalue weighted by Crippen LogP contribution is 2.32. The van der Waals surface area contributed by atoms with Crippen LogP contribution < -0.4 is 4.90 Å². The molecule has 5 nitrogen and oxygen atoms in total. The molecule has 2 rings (SSSR count). The van der Waals surface area contributed by atoms with Crippen LogP contribution in [-0.2, 0) is 11.0 Å². The smallest absolute Gasteiger partial charge is 0.436 e. The van der Waals surface area contributed by atoms with Crippen molar-refractivity contribution in [2.75, 3.05) is 11.9 Å². The molecule has 0 aliphatic rings. The molecular weight excluding hydrogens is 301 g/mol. The minimum absolute atomic E-state index is 0.202. The fraction of sp³-hybridized carbons (Fsp3) is 0.286. The van der Waals surface area contributed by atoms with Gasteiger partial charge in [-0.15, -0.1) is 0 Å². The predicted molar refractivity (Wildman–Crippen MR) is 72.1 cm³/mol. The van der Waals surface area contributed by atoms with Crippen LogP contribution in [0.25, 0.3) is 0 Å². The third-order valence-corrected chi connectivity index (χ3v) is 3.22. The molecule has 1 aromatic heterocycles. The van der Waals surface area contributed by atoms with Crippen molar-refractivity contribution in [3.8, 4) is 0 Å². The number of benzene rings is 1. The number of halogens is 3. The molecule has 1 N–H and O–H groups in total. The summed E-state index contributed by atoms with van der Waals surface area (Å²) in [4.78, 5) is 15.6. The van der Waals surface area contributed by atoms with Crippen molar-refractivity contribution in [1.82, 2.24) is 4.98 Å².